The maximum absolute atomic E-state index is 13.3. The molecule has 1 atom stereocenters. The highest BCUT2D eigenvalue weighted by molar-refractivity contribution is 7.98. The van der Waals surface area contributed by atoms with Crippen LogP contribution in [0.3, 0.4) is 0 Å². The molecule has 7 heteroatoms. The number of nitrogens with one attached hydrogen (secondary N) is 1. The van der Waals surface area contributed by atoms with Gasteiger partial charge in [-0.2, -0.15) is 11.8 Å². The molecule has 0 aromatic heterocycles. The molecule has 0 aliphatic heterocycles. The van der Waals surface area contributed by atoms with Gasteiger partial charge >= 0.3 is 5.97 Å². The molecule has 1 aromatic rings. The van der Waals surface area contributed by atoms with Crippen molar-refractivity contribution in [1.82, 2.24) is 5.32 Å². The van der Waals surface area contributed by atoms with Crippen LogP contribution in [0.15, 0.2) is 24.3 Å². The van der Waals surface area contributed by atoms with Crippen LogP contribution in [0.2, 0.25) is 0 Å². The Morgan fingerprint density at radius 2 is 2.14 bits per heavy atom. The van der Waals surface area contributed by atoms with Gasteiger partial charge in [-0.15, -0.1) is 0 Å². The molecule has 0 fully saturated rings. The first-order chi connectivity index (χ1) is 10.0. The van der Waals surface area contributed by atoms with E-state index in [2.05, 4.69) is 5.32 Å². The number of hydrogen-bond donors (Lipinski definition) is 2. The Balaban J connectivity index is 2.36. The van der Waals surface area contributed by atoms with Gasteiger partial charge in [0.05, 0.1) is 13.0 Å². The number of carboxylic acid groups (broad SMARTS) is 1. The van der Waals surface area contributed by atoms with Gasteiger partial charge in [0.25, 0.3) is 0 Å². The van der Waals surface area contributed by atoms with E-state index in [4.69, 9.17) is 9.84 Å². The quantitative estimate of drug-likeness (QED) is 0.728. The van der Waals surface area contributed by atoms with Crippen LogP contribution in [-0.2, 0) is 9.59 Å². The molecule has 116 valence electrons. The number of rotatable bonds is 9. The molecule has 0 saturated carbocycles. The molecule has 2 N–H and O–H groups in total. The zero-order valence-electron chi connectivity index (χ0n) is 11.7. The second kappa shape index (κ2) is 9.23. The minimum atomic E-state index is -1.06. The van der Waals surface area contributed by atoms with Crippen LogP contribution in [0.25, 0.3) is 0 Å². The van der Waals surface area contributed by atoms with Crippen molar-refractivity contribution in [2.24, 2.45) is 0 Å². The van der Waals surface area contributed by atoms with Crippen molar-refractivity contribution in [2.75, 3.05) is 18.6 Å². The van der Waals surface area contributed by atoms with Crippen LogP contribution in [0.5, 0.6) is 5.75 Å². The molecule has 21 heavy (non-hydrogen) atoms. The Kier molecular flexibility index (Phi) is 7.60. The minimum absolute atomic E-state index is 0.0123. The summed E-state index contributed by atoms with van der Waals surface area (Å²) in [4.78, 5) is 22.6. The van der Waals surface area contributed by atoms with Gasteiger partial charge in [0.2, 0.25) is 5.91 Å². The third kappa shape index (κ3) is 6.48. The van der Waals surface area contributed by atoms with Crippen LogP contribution < -0.4 is 10.1 Å². The largest absolute Gasteiger partial charge is 0.490 e. The number of aliphatic carboxylic acids is 1. The monoisotopic (exact) mass is 315 g/mol. The van der Waals surface area contributed by atoms with E-state index in [0.717, 1.165) is 0 Å². The van der Waals surface area contributed by atoms with Crippen LogP contribution in [0, 0.1) is 5.82 Å². The molecule has 5 nitrogen and oxygen atoms in total. The summed E-state index contributed by atoms with van der Waals surface area (Å²) in [5.41, 5.74) is 0. The lowest BCUT2D eigenvalue weighted by Crippen LogP contribution is -2.41. The summed E-state index contributed by atoms with van der Waals surface area (Å²) in [5.74, 6) is -1.28. The highest BCUT2D eigenvalue weighted by atomic mass is 32.2. The van der Waals surface area contributed by atoms with E-state index in [-0.39, 0.29) is 18.8 Å². The Morgan fingerprint density at radius 3 is 2.76 bits per heavy atom. The Labute approximate surface area is 126 Å². The number of para-hydroxylation sites is 1. The number of carboxylic acids is 1. The smallest absolute Gasteiger partial charge is 0.326 e. The van der Waals surface area contributed by atoms with Crippen molar-refractivity contribution in [1.29, 1.82) is 0 Å². The van der Waals surface area contributed by atoms with E-state index in [0.29, 0.717) is 12.2 Å². The summed E-state index contributed by atoms with van der Waals surface area (Å²) in [6, 6.07) is 4.99. The zero-order chi connectivity index (χ0) is 15.7. The van der Waals surface area contributed by atoms with Crippen LogP contribution >= 0.6 is 11.8 Å². The Hall–Kier alpha value is -1.76. The van der Waals surface area contributed by atoms with Gasteiger partial charge < -0.3 is 15.2 Å². The first-order valence-corrected chi connectivity index (χ1v) is 7.82. The minimum Gasteiger partial charge on any atom is -0.490 e. The average molecular weight is 315 g/mol. The second-order valence-electron chi connectivity index (χ2n) is 4.27. The number of carbonyl (C=O) groups is 2. The number of carbonyl (C=O) groups excluding carboxylic acids is 1. The molecule has 0 spiro atoms. The summed E-state index contributed by atoms with van der Waals surface area (Å²) in [6.45, 7) is -0.0123. The van der Waals surface area contributed by atoms with E-state index in [1.165, 1.54) is 30.0 Å². The topological polar surface area (TPSA) is 75.6 Å². The molecule has 0 bridgehead atoms. The molecule has 1 rings (SSSR count). The van der Waals surface area contributed by atoms with E-state index in [1.54, 1.807) is 6.07 Å². The van der Waals surface area contributed by atoms with Gasteiger partial charge in [-0.3, -0.25) is 4.79 Å². The fourth-order valence-corrected chi connectivity index (χ4v) is 2.05. The third-order valence-electron chi connectivity index (χ3n) is 2.67. The Bertz CT molecular complexity index is 484. The highest BCUT2D eigenvalue weighted by Crippen LogP contribution is 2.15. The molecule has 1 amide bonds. The van der Waals surface area contributed by atoms with Crippen molar-refractivity contribution >= 4 is 23.6 Å². The maximum atomic E-state index is 13.3. The molecular weight excluding hydrogens is 297 g/mol. The first kappa shape index (κ1) is 17.3. The lowest BCUT2D eigenvalue weighted by atomic mass is 10.2. The van der Waals surface area contributed by atoms with E-state index in [1.807, 2.05) is 6.26 Å². The van der Waals surface area contributed by atoms with Crippen LogP contribution in [0.1, 0.15) is 12.8 Å². The zero-order valence-corrected chi connectivity index (χ0v) is 12.5. The maximum Gasteiger partial charge on any atom is 0.326 e. The number of amides is 1. The SMILES string of the molecule is CSCC[C@@H](NC(=O)CCOc1ccccc1F)C(=O)O. The summed E-state index contributed by atoms with van der Waals surface area (Å²) < 4.78 is 18.4. The number of ether oxygens (including phenoxy) is 1. The van der Waals surface area contributed by atoms with E-state index in [9.17, 15) is 14.0 Å². The lowest BCUT2D eigenvalue weighted by Gasteiger charge is -2.14. The highest BCUT2D eigenvalue weighted by Gasteiger charge is 2.19. The summed E-state index contributed by atoms with van der Waals surface area (Å²) in [5, 5.41) is 11.4. The first-order valence-electron chi connectivity index (χ1n) is 6.43. The summed E-state index contributed by atoms with van der Waals surface area (Å²) in [6.07, 6.45) is 2.19. The van der Waals surface area contributed by atoms with Gasteiger partial charge in [-0.25, -0.2) is 9.18 Å². The molecule has 0 heterocycles. The van der Waals surface area contributed by atoms with Gasteiger partial charge in [0, 0.05) is 0 Å². The molecule has 1 aromatic carbocycles. The van der Waals surface area contributed by atoms with E-state index >= 15 is 0 Å². The second-order valence-corrected chi connectivity index (χ2v) is 5.25. The molecular formula is C14H18FNO4S. The average Bonchev–Trinajstić information content (AvgIpc) is 2.45. The van der Waals surface area contributed by atoms with Gasteiger partial charge in [-0.05, 0) is 30.6 Å². The number of halogens is 1. The van der Waals surface area contributed by atoms with Crippen molar-refractivity contribution in [2.45, 2.75) is 18.9 Å². The lowest BCUT2D eigenvalue weighted by molar-refractivity contribution is -0.141. The fraction of sp³-hybridized carbons (Fsp3) is 0.429. The number of hydrogen-bond acceptors (Lipinski definition) is 4. The Morgan fingerprint density at radius 1 is 1.43 bits per heavy atom. The van der Waals surface area contributed by atoms with Crippen LogP contribution in [0.4, 0.5) is 4.39 Å². The van der Waals surface area contributed by atoms with Crippen molar-refractivity contribution in [3.63, 3.8) is 0 Å². The van der Waals surface area contributed by atoms with Crippen molar-refractivity contribution in [3.8, 4) is 5.75 Å². The number of benzene rings is 1. The van der Waals surface area contributed by atoms with Crippen LogP contribution in [-0.4, -0.2) is 41.6 Å². The third-order valence-corrected chi connectivity index (χ3v) is 3.31. The molecule has 0 unspecified atom stereocenters. The van der Waals surface area contributed by atoms with Gasteiger partial charge in [-0.1, -0.05) is 12.1 Å². The molecule has 0 aliphatic rings. The van der Waals surface area contributed by atoms with E-state index < -0.39 is 23.7 Å². The predicted octanol–water partition coefficient (Wildman–Crippen LogP) is 1.92. The number of thioether (sulfide) groups is 1. The normalized spacial score (nSPS) is 11.7. The van der Waals surface area contributed by atoms with Crippen molar-refractivity contribution in [3.05, 3.63) is 30.1 Å². The summed E-state index contributed by atoms with van der Waals surface area (Å²) in [7, 11) is 0. The molecule has 0 aliphatic carbocycles. The van der Waals surface area contributed by atoms with Gasteiger partial charge in [0.1, 0.15) is 6.04 Å². The van der Waals surface area contributed by atoms with Crippen molar-refractivity contribution < 1.29 is 23.8 Å². The summed E-state index contributed by atoms with van der Waals surface area (Å²) >= 11 is 1.51. The fourth-order valence-electron chi connectivity index (χ4n) is 1.58. The standard InChI is InChI=1S/C14H18FNO4S/c1-21-9-7-11(14(18)19)16-13(17)6-8-20-12-5-3-2-4-10(12)15/h2-5,11H,6-9H2,1H3,(H,16,17)(H,18,19)/t11-/m1/s1. The predicted molar refractivity (Wildman–Crippen MR) is 79.1 cm³/mol. The molecule has 0 saturated heterocycles. The molecule has 0 radical (unpaired) electrons. The van der Waals surface area contributed by atoms with Gasteiger partial charge in [0.15, 0.2) is 11.6 Å².